The average Bonchev–Trinajstić information content (AvgIpc) is 2.63. The van der Waals surface area contributed by atoms with Gasteiger partial charge in [0.15, 0.2) is 0 Å². The van der Waals surface area contributed by atoms with Crippen molar-refractivity contribution in [3.05, 3.63) is 114 Å². The van der Waals surface area contributed by atoms with Crippen molar-refractivity contribution in [1.82, 2.24) is 0 Å². The smallest absolute Gasteiger partial charge is 0.140 e. The first-order valence-corrected chi connectivity index (χ1v) is 7.97. The molecule has 1 nitrogen and oxygen atoms in total. The zero-order valence-electron chi connectivity index (χ0n) is 13.2. The fourth-order valence-corrected chi connectivity index (χ4v) is 2.98. The highest BCUT2D eigenvalue weighted by Crippen LogP contribution is 2.36. The third-order valence-electron chi connectivity index (χ3n) is 4.22. The van der Waals surface area contributed by atoms with Crippen molar-refractivity contribution >= 4 is 0 Å². The van der Waals surface area contributed by atoms with Crippen molar-refractivity contribution in [2.75, 3.05) is 0 Å². The number of rotatable bonds is 5. The van der Waals surface area contributed by atoms with Crippen LogP contribution in [0.4, 0.5) is 0 Å². The second-order valence-electron chi connectivity index (χ2n) is 5.74. The average molecular weight is 301 g/mol. The van der Waals surface area contributed by atoms with E-state index in [4.69, 9.17) is 0 Å². The molecule has 3 aromatic rings. The first-order chi connectivity index (χ1) is 11.2. The predicted molar refractivity (Wildman–Crippen MR) is 95.1 cm³/mol. The van der Waals surface area contributed by atoms with Gasteiger partial charge in [-0.25, -0.2) is 0 Å². The molecule has 0 heterocycles. The van der Waals surface area contributed by atoms with Crippen molar-refractivity contribution in [1.29, 1.82) is 0 Å². The number of aliphatic hydroxyl groups is 1. The molecule has 1 N–H and O–H groups in total. The van der Waals surface area contributed by atoms with Crippen LogP contribution in [-0.4, -0.2) is 5.11 Å². The van der Waals surface area contributed by atoms with E-state index in [9.17, 15) is 5.11 Å². The molecule has 0 aromatic heterocycles. The zero-order chi connectivity index (χ0) is 16.1. The second kappa shape index (κ2) is 6.80. The molecular formula is C22H21O. The third kappa shape index (κ3) is 3.06. The lowest BCUT2D eigenvalue weighted by Crippen LogP contribution is -2.28. The lowest BCUT2D eigenvalue weighted by Gasteiger charge is -2.30. The van der Waals surface area contributed by atoms with Crippen LogP contribution >= 0.6 is 0 Å². The minimum atomic E-state index is -1.15. The quantitative estimate of drug-likeness (QED) is 0.675. The highest BCUT2D eigenvalue weighted by atomic mass is 16.3. The minimum Gasteiger partial charge on any atom is -0.376 e. The van der Waals surface area contributed by atoms with Crippen LogP contribution in [0.25, 0.3) is 0 Å². The van der Waals surface area contributed by atoms with Gasteiger partial charge < -0.3 is 5.11 Å². The summed E-state index contributed by atoms with van der Waals surface area (Å²) in [5, 5.41) is 11.6. The van der Waals surface area contributed by atoms with Gasteiger partial charge in [0.25, 0.3) is 0 Å². The monoisotopic (exact) mass is 301 g/mol. The summed E-state index contributed by atoms with van der Waals surface area (Å²) >= 11 is 0. The molecule has 0 spiro atoms. The molecule has 1 heteroatoms. The molecule has 115 valence electrons. The largest absolute Gasteiger partial charge is 0.376 e. The molecular weight excluding hydrogens is 280 g/mol. The van der Waals surface area contributed by atoms with Gasteiger partial charge in [-0.05, 0) is 35.1 Å². The number of hydrogen-bond acceptors (Lipinski definition) is 1. The molecule has 0 atom stereocenters. The van der Waals surface area contributed by atoms with E-state index in [1.165, 1.54) is 5.56 Å². The van der Waals surface area contributed by atoms with Crippen LogP contribution in [0.3, 0.4) is 0 Å². The van der Waals surface area contributed by atoms with Crippen LogP contribution in [-0.2, 0) is 12.0 Å². The Morgan fingerprint density at radius 1 is 0.652 bits per heavy atom. The summed E-state index contributed by atoms with van der Waals surface area (Å²) in [6.45, 7) is 3.90. The maximum Gasteiger partial charge on any atom is 0.140 e. The molecule has 0 aliphatic carbocycles. The standard InChI is InChI=1S/C22H21O/c1-2-9-18-14-16-21(17-15-18)22(23,19-10-5-3-6-11-19)20-12-7-4-8-13-20/h3-8,10-17,23H,1-2,9H2. The van der Waals surface area contributed by atoms with Gasteiger partial charge in [-0.1, -0.05) is 91.9 Å². The van der Waals surface area contributed by atoms with Crippen molar-refractivity contribution in [2.45, 2.75) is 18.4 Å². The highest BCUT2D eigenvalue weighted by Gasteiger charge is 2.33. The van der Waals surface area contributed by atoms with Crippen LogP contribution in [0.2, 0.25) is 0 Å². The first kappa shape index (κ1) is 15.5. The Morgan fingerprint density at radius 3 is 1.52 bits per heavy atom. The van der Waals surface area contributed by atoms with Gasteiger partial charge in [-0.3, -0.25) is 0 Å². The summed E-state index contributed by atoms with van der Waals surface area (Å²) < 4.78 is 0. The summed E-state index contributed by atoms with van der Waals surface area (Å²) in [7, 11) is 0. The van der Waals surface area contributed by atoms with E-state index in [0.29, 0.717) is 0 Å². The van der Waals surface area contributed by atoms with E-state index in [-0.39, 0.29) is 0 Å². The molecule has 1 radical (unpaired) electrons. The molecule has 3 rings (SSSR count). The number of aryl methyl sites for hydroxylation is 1. The molecule has 0 amide bonds. The normalized spacial score (nSPS) is 11.4. The van der Waals surface area contributed by atoms with E-state index in [0.717, 1.165) is 29.5 Å². The Labute approximate surface area is 138 Å². The van der Waals surface area contributed by atoms with Crippen molar-refractivity contribution in [2.24, 2.45) is 0 Å². The lowest BCUT2D eigenvalue weighted by molar-refractivity contribution is 0.125. The Morgan fingerprint density at radius 2 is 1.09 bits per heavy atom. The van der Waals surface area contributed by atoms with Crippen LogP contribution in [0.15, 0.2) is 84.9 Å². The molecule has 0 aliphatic heterocycles. The minimum absolute atomic E-state index is 0.871. The zero-order valence-corrected chi connectivity index (χ0v) is 13.2. The Kier molecular flexibility index (Phi) is 4.59. The topological polar surface area (TPSA) is 20.2 Å². The molecule has 0 saturated heterocycles. The Hall–Kier alpha value is -2.38. The predicted octanol–water partition coefficient (Wildman–Crippen LogP) is 4.74. The molecule has 0 bridgehead atoms. The Bertz CT molecular complexity index is 690. The van der Waals surface area contributed by atoms with Gasteiger partial charge in [0.2, 0.25) is 0 Å². The van der Waals surface area contributed by atoms with Crippen molar-refractivity contribution in [3.8, 4) is 0 Å². The summed E-state index contributed by atoms with van der Waals surface area (Å²) in [5.41, 5.74) is 2.72. The van der Waals surface area contributed by atoms with Crippen LogP contribution in [0.1, 0.15) is 28.7 Å². The van der Waals surface area contributed by atoms with Gasteiger partial charge in [-0.2, -0.15) is 0 Å². The highest BCUT2D eigenvalue weighted by molar-refractivity contribution is 5.47. The molecule has 0 unspecified atom stereocenters. The number of hydrogen-bond donors (Lipinski definition) is 1. The fourth-order valence-electron chi connectivity index (χ4n) is 2.98. The van der Waals surface area contributed by atoms with E-state index in [1.807, 2.05) is 72.8 Å². The second-order valence-corrected chi connectivity index (χ2v) is 5.74. The fraction of sp³-hybridized carbons (Fsp3) is 0.136. The molecule has 0 aliphatic rings. The van der Waals surface area contributed by atoms with E-state index >= 15 is 0 Å². The van der Waals surface area contributed by atoms with E-state index in [2.05, 4.69) is 19.1 Å². The molecule has 23 heavy (non-hydrogen) atoms. The SMILES string of the molecule is [CH2]CCc1ccc(C(O)(c2ccccc2)c2ccccc2)cc1. The van der Waals surface area contributed by atoms with Gasteiger partial charge in [0, 0.05) is 0 Å². The van der Waals surface area contributed by atoms with Crippen molar-refractivity contribution < 1.29 is 5.11 Å². The van der Waals surface area contributed by atoms with Gasteiger partial charge in [0.05, 0.1) is 0 Å². The summed E-state index contributed by atoms with van der Waals surface area (Å²) in [4.78, 5) is 0. The van der Waals surface area contributed by atoms with E-state index < -0.39 is 5.60 Å². The summed E-state index contributed by atoms with van der Waals surface area (Å²) in [5.74, 6) is 0. The third-order valence-corrected chi connectivity index (χ3v) is 4.22. The number of benzene rings is 3. The summed E-state index contributed by atoms with van der Waals surface area (Å²) in [6, 6.07) is 27.8. The molecule has 0 saturated carbocycles. The maximum absolute atomic E-state index is 11.6. The van der Waals surface area contributed by atoms with Crippen LogP contribution < -0.4 is 0 Å². The molecule has 0 fully saturated rings. The van der Waals surface area contributed by atoms with Crippen LogP contribution in [0.5, 0.6) is 0 Å². The van der Waals surface area contributed by atoms with Gasteiger partial charge in [0.1, 0.15) is 5.60 Å². The van der Waals surface area contributed by atoms with Gasteiger partial charge >= 0.3 is 0 Å². The van der Waals surface area contributed by atoms with E-state index in [1.54, 1.807) is 0 Å². The molecule has 3 aromatic carbocycles. The van der Waals surface area contributed by atoms with Crippen LogP contribution in [0, 0.1) is 6.92 Å². The van der Waals surface area contributed by atoms with Crippen molar-refractivity contribution in [3.63, 3.8) is 0 Å². The van der Waals surface area contributed by atoms with Gasteiger partial charge in [-0.15, -0.1) is 0 Å². The Balaban J connectivity index is 2.13. The first-order valence-electron chi connectivity index (χ1n) is 7.97. The lowest BCUT2D eigenvalue weighted by atomic mass is 9.80. The maximum atomic E-state index is 11.6. The summed E-state index contributed by atoms with van der Waals surface area (Å²) in [6.07, 6.45) is 1.83.